The molecule has 7 nitrogen and oxygen atoms in total. The molecule has 152 valence electrons. The molecule has 0 spiro atoms. The Labute approximate surface area is 170 Å². The predicted octanol–water partition coefficient (Wildman–Crippen LogP) is 3.53. The number of carbonyl (C=O) groups is 1. The molecular formula is C19H25N3O4S2. The normalized spacial score (nSPS) is 11.9. The van der Waals surface area contributed by atoms with E-state index < -0.39 is 21.5 Å². The van der Waals surface area contributed by atoms with Gasteiger partial charge < -0.3 is 10.1 Å². The summed E-state index contributed by atoms with van der Waals surface area (Å²) in [6.45, 7) is 7.25. The van der Waals surface area contributed by atoms with Gasteiger partial charge in [-0.3, -0.25) is 4.79 Å². The van der Waals surface area contributed by atoms with Crippen molar-refractivity contribution in [2.24, 2.45) is 0 Å². The van der Waals surface area contributed by atoms with Crippen LogP contribution in [0.5, 0.6) is 5.75 Å². The van der Waals surface area contributed by atoms with E-state index in [4.69, 9.17) is 4.74 Å². The summed E-state index contributed by atoms with van der Waals surface area (Å²) < 4.78 is 33.2. The van der Waals surface area contributed by atoms with E-state index in [2.05, 4.69) is 15.0 Å². The van der Waals surface area contributed by atoms with Gasteiger partial charge in [0.15, 0.2) is 0 Å². The zero-order valence-electron chi connectivity index (χ0n) is 16.6. The maximum absolute atomic E-state index is 12.7. The van der Waals surface area contributed by atoms with E-state index in [1.807, 2.05) is 13.0 Å². The number of methoxy groups -OCH3 is 1. The molecule has 0 bridgehead atoms. The van der Waals surface area contributed by atoms with Crippen LogP contribution < -0.4 is 14.8 Å². The van der Waals surface area contributed by atoms with Crippen LogP contribution in [0.2, 0.25) is 0 Å². The van der Waals surface area contributed by atoms with E-state index in [1.165, 1.54) is 25.3 Å². The van der Waals surface area contributed by atoms with Crippen molar-refractivity contribution in [1.29, 1.82) is 0 Å². The molecule has 0 aliphatic carbocycles. The molecule has 0 radical (unpaired) electrons. The van der Waals surface area contributed by atoms with Gasteiger partial charge in [0.1, 0.15) is 10.6 Å². The molecule has 1 amide bonds. The second kappa shape index (κ2) is 8.93. The van der Waals surface area contributed by atoms with Gasteiger partial charge in [-0.2, -0.15) is 0 Å². The van der Waals surface area contributed by atoms with Gasteiger partial charge in [-0.25, -0.2) is 18.1 Å². The molecule has 2 rings (SSSR count). The van der Waals surface area contributed by atoms with Crippen molar-refractivity contribution in [3.05, 3.63) is 42.1 Å². The average molecular weight is 424 g/mol. The Hall–Kier alpha value is -2.10. The number of anilines is 1. The summed E-state index contributed by atoms with van der Waals surface area (Å²) in [6, 6.07) is 7.85. The molecule has 28 heavy (non-hydrogen) atoms. The summed E-state index contributed by atoms with van der Waals surface area (Å²) in [5, 5.41) is 3.59. The summed E-state index contributed by atoms with van der Waals surface area (Å²) in [5.41, 5.74) is 0.0482. The molecule has 1 aromatic carbocycles. The predicted molar refractivity (Wildman–Crippen MR) is 112 cm³/mol. The van der Waals surface area contributed by atoms with Gasteiger partial charge in [0, 0.05) is 11.1 Å². The number of hydrogen-bond acceptors (Lipinski definition) is 6. The van der Waals surface area contributed by atoms with Gasteiger partial charge in [0.2, 0.25) is 10.0 Å². The molecule has 0 saturated carbocycles. The van der Waals surface area contributed by atoms with Crippen LogP contribution in [0.3, 0.4) is 0 Å². The van der Waals surface area contributed by atoms with Gasteiger partial charge in [0.25, 0.3) is 5.91 Å². The Morgan fingerprint density at radius 2 is 1.93 bits per heavy atom. The number of pyridine rings is 1. The fourth-order valence-corrected chi connectivity index (χ4v) is 4.58. The number of benzene rings is 1. The van der Waals surface area contributed by atoms with Gasteiger partial charge in [0.05, 0.1) is 24.0 Å². The number of ether oxygens (including phenoxy) is 1. The lowest BCUT2D eigenvalue weighted by Gasteiger charge is -2.21. The third-order valence-electron chi connectivity index (χ3n) is 3.44. The molecule has 2 aromatic rings. The van der Waals surface area contributed by atoms with Crippen LogP contribution in [0, 0.1) is 0 Å². The number of sulfonamides is 1. The van der Waals surface area contributed by atoms with E-state index in [1.54, 1.807) is 44.8 Å². The number of nitrogens with one attached hydrogen (secondary N) is 2. The van der Waals surface area contributed by atoms with E-state index in [-0.39, 0.29) is 16.2 Å². The van der Waals surface area contributed by atoms with E-state index in [0.717, 1.165) is 10.8 Å². The molecule has 0 fully saturated rings. The summed E-state index contributed by atoms with van der Waals surface area (Å²) in [7, 11) is -2.49. The van der Waals surface area contributed by atoms with E-state index in [0.29, 0.717) is 5.69 Å². The second-order valence-corrected chi connectivity index (χ2v) is 9.93. The first-order valence-corrected chi connectivity index (χ1v) is 11.1. The third-order valence-corrected chi connectivity index (χ3v) is 6.05. The fourth-order valence-electron chi connectivity index (χ4n) is 2.38. The van der Waals surface area contributed by atoms with Gasteiger partial charge in [-0.15, -0.1) is 11.8 Å². The van der Waals surface area contributed by atoms with Gasteiger partial charge >= 0.3 is 0 Å². The highest BCUT2D eigenvalue weighted by molar-refractivity contribution is 7.99. The van der Waals surface area contributed by atoms with Crippen LogP contribution in [-0.2, 0) is 10.0 Å². The van der Waals surface area contributed by atoms with Gasteiger partial charge in [-0.1, -0.05) is 6.92 Å². The van der Waals surface area contributed by atoms with Crippen molar-refractivity contribution >= 4 is 33.4 Å². The minimum absolute atomic E-state index is 0.0922. The van der Waals surface area contributed by atoms with Gasteiger partial charge in [-0.05, 0) is 56.9 Å². The zero-order chi connectivity index (χ0) is 20.9. The summed E-state index contributed by atoms with van der Waals surface area (Å²) in [5.74, 6) is 0.633. The number of nitrogens with zero attached hydrogens (tertiary/aromatic N) is 1. The largest absolute Gasteiger partial charge is 0.495 e. The number of rotatable bonds is 7. The topological polar surface area (TPSA) is 97.4 Å². The first kappa shape index (κ1) is 22.2. The maximum Gasteiger partial charge on any atom is 0.255 e. The molecule has 0 aliphatic rings. The van der Waals surface area contributed by atoms with Crippen molar-refractivity contribution < 1.29 is 17.9 Å². The Balaban J connectivity index is 2.29. The number of carbonyl (C=O) groups excluding carboxylic acids is 1. The Morgan fingerprint density at radius 3 is 2.46 bits per heavy atom. The van der Waals surface area contributed by atoms with Crippen molar-refractivity contribution in [2.75, 3.05) is 18.2 Å². The Kier molecular flexibility index (Phi) is 7.08. The smallest absolute Gasteiger partial charge is 0.255 e. The number of aromatic nitrogens is 1. The molecule has 9 heteroatoms. The van der Waals surface area contributed by atoms with E-state index in [9.17, 15) is 13.2 Å². The van der Waals surface area contributed by atoms with E-state index >= 15 is 0 Å². The highest BCUT2D eigenvalue weighted by Crippen LogP contribution is 2.26. The van der Waals surface area contributed by atoms with Crippen LogP contribution in [-0.4, -0.2) is 37.7 Å². The number of hydrogen-bond donors (Lipinski definition) is 2. The highest BCUT2D eigenvalue weighted by Gasteiger charge is 2.26. The minimum Gasteiger partial charge on any atom is -0.495 e. The minimum atomic E-state index is -3.87. The molecule has 0 saturated heterocycles. The monoisotopic (exact) mass is 423 g/mol. The average Bonchev–Trinajstić information content (AvgIpc) is 2.61. The molecule has 0 atom stereocenters. The van der Waals surface area contributed by atoms with Crippen LogP contribution in [0.25, 0.3) is 0 Å². The standard InChI is InChI=1S/C19H25N3O4S2/c1-6-27-17-10-8-14(12-20-17)21-18(23)13-7-9-15(26-5)16(11-13)28(24,25)22-19(2,3)4/h7-12,22H,6H2,1-5H3,(H,21,23). The van der Waals surface area contributed by atoms with Crippen LogP contribution in [0.15, 0.2) is 46.5 Å². The first-order valence-electron chi connectivity index (χ1n) is 8.68. The molecular weight excluding hydrogens is 398 g/mol. The molecule has 1 aromatic heterocycles. The maximum atomic E-state index is 12.7. The summed E-state index contributed by atoms with van der Waals surface area (Å²) >= 11 is 1.60. The Bertz CT molecular complexity index is 937. The van der Waals surface area contributed by atoms with Crippen molar-refractivity contribution in [2.45, 2.75) is 43.2 Å². The molecule has 1 heterocycles. The Morgan fingerprint density at radius 1 is 1.21 bits per heavy atom. The first-order chi connectivity index (χ1) is 13.1. The molecule has 2 N–H and O–H groups in total. The van der Waals surface area contributed by atoms with Crippen molar-refractivity contribution in [1.82, 2.24) is 9.71 Å². The van der Waals surface area contributed by atoms with Crippen molar-refractivity contribution in [3.8, 4) is 5.75 Å². The lowest BCUT2D eigenvalue weighted by molar-refractivity contribution is 0.102. The van der Waals surface area contributed by atoms with Crippen molar-refractivity contribution in [3.63, 3.8) is 0 Å². The van der Waals surface area contributed by atoms with Crippen LogP contribution in [0.1, 0.15) is 38.1 Å². The summed E-state index contributed by atoms with van der Waals surface area (Å²) in [4.78, 5) is 16.8. The fraction of sp³-hybridized carbons (Fsp3) is 0.368. The highest BCUT2D eigenvalue weighted by atomic mass is 32.2. The third kappa shape index (κ3) is 5.95. The van der Waals surface area contributed by atoms with Crippen LogP contribution in [0.4, 0.5) is 5.69 Å². The molecule has 0 aliphatic heterocycles. The second-order valence-electron chi connectivity index (χ2n) is 6.99. The SMILES string of the molecule is CCSc1ccc(NC(=O)c2ccc(OC)c(S(=O)(=O)NC(C)(C)C)c2)cn1. The summed E-state index contributed by atoms with van der Waals surface area (Å²) in [6.07, 6.45) is 1.57. The zero-order valence-corrected chi connectivity index (χ0v) is 18.2. The number of amides is 1. The molecule has 0 unspecified atom stereocenters. The lowest BCUT2D eigenvalue weighted by atomic mass is 10.1. The lowest BCUT2D eigenvalue weighted by Crippen LogP contribution is -2.40. The number of thioether (sulfide) groups is 1. The van der Waals surface area contributed by atoms with Crippen LogP contribution >= 0.6 is 11.8 Å². The quantitative estimate of drug-likeness (QED) is 0.661.